The van der Waals surface area contributed by atoms with Crippen molar-refractivity contribution in [1.29, 1.82) is 0 Å². The SMILES string of the molecule is CO[C@@H]1CN(C(C)=O)C[C@H](CC(C)C)N(C(=O)CN(C)Cc2ccccc2Cl)CCCCOC[C@@H](O)[C@H]1O. The Kier molecular flexibility index (Phi) is 14.0. The maximum Gasteiger partial charge on any atom is 0.237 e. The van der Waals surface area contributed by atoms with Crippen molar-refractivity contribution in [3.05, 3.63) is 34.9 Å². The summed E-state index contributed by atoms with van der Waals surface area (Å²) in [5.41, 5.74) is 0.954. The standard InChI is InChI=1S/C28H46ClN3O6/c1-20(2)14-23-16-31(21(3)33)17-26(37-5)28(36)25(34)19-38-13-9-8-12-32(23)27(35)18-30(4)15-22-10-6-7-11-24(22)29/h6-7,10-11,20,23,25-26,28,34,36H,8-9,12-19H2,1-5H3/t23-,25+,26+,28+/m0/s1. The van der Waals surface area contributed by atoms with Gasteiger partial charge in [-0.3, -0.25) is 14.5 Å². The molecule has 0 spiro atoms. The molecule has 0 aromatic heterocycles. The molecule has 2 rings (SSSR count). The average molecular weight is 556 g/mol. The third-order valence-corrected chi connectivity index (χ3v) is 7.26. The number of aliphatic hydroxyl groups excluding tert-OH is 2. The Morgan fingerprint density at radius 1 is 1.21 bits per heavy atom. The van der Waals surface area contributed by atoms with Crippen LogP contribution in [0.1, 0.15) is 45.6 Å². The minimum absolute atomic E-state index is 0.0135. The summed E-state index contributed by atoms with van der Waals surface area (Å²) in [6, 6.07) is 7.39. The molecule has 1 fully saturated rings. The predicted octanol–water partition coefficient (Wildman–Crippen LogP) is 2.41. The monoisotopic (exact) mass is 555 g/mol. The maximum absolute atomic E-state index is 13.7. The number of ether oxygens (including phenoxy) is 2. The normalized spacial score (nSPS) is 24.5. The van der Waals surface area contributed by atoms with Crippen LogP contribution < -0.4 is 0 Å². The molecule has 4 atom stereocenters. The van der Waals surface area contributed by atoms with Crippen molar-refractivity contribution in [3.63, 3.8) is 0 Å². The smallest absolute Gasteiger partial charge is 0.237 e. The molecule has 1 aliphatic rings. The topological polar surface area (TPSA) is 103 Å². The highest BCUT2D eigenvalue weighted by molar-refractivity contribution is 6.31. The van der Waals surface area contributed by atoms with Gasteiger partial charge in [-0.15, -0.1) is 0 Å². The van der Waals surface area contributed by atoms with Gasteiger partial charge in [-0.2, -0.15) is 0 Å². The van der Waals surface area contributed by atoms with Gasteiger partial charge in [0.25, 0.3) is 0 Å². The molecular weight excluding hydrogens is 510 g/mol. The van der Waals surface area contributed by atoms with Crippen molar-refractivity contribution >= 4 is 23.4 Å². The largest absolute Gasteiger partial charge is 0.388 e. The Morgan fingerprint density at radius 3 is 2.55 bits per heavy atom. The summed E-state index contributed by atoms with van der Waals surface area (Å²) < 4.78 is 11.1. The number of aliphatic hydroxyl groups is 2. The van der Waals surface area contributed by atoms with Crippen LogP contribution in [0.3, 0.4) is 0 Å². The van der Waals surface area contributed by atoms with E-state index in [1.165, 1.54) is 14.0 Å². The van der Waals surface area contributed by atoms with Crippen LogP contribution in [0.15, 0.2) is 24.3 Å². The Balaban J connectivity index is 2.29. The number of carbonyl (C=O) groups is 2. The molecule has 0 saturated carbocycles. The fraction of sp³-hybridized carbons (Fsp3) is 0.714. The van der Waals surface area contributed by atoms with E-state index in [-0.39, 0.29) is 43.5 Å². The summed E-state index contributed by atoms with van der Waals surface area (Å²) in [4.78, 5) is 31.9. The second-order valence-corrected chi connectivity index (χ2v) is 11.1. The van der Waals surface area contributed by atoms with Gasteiger partial charge in [0.15, 0.2) is 0 Å². The number of carbonyl (C=O) groups excluding carboxylic acids is 2. The Hall–Kier alpha value is -1.75. The molecule has 1 aromatic rings. The van der Waals surface area contributed by atoms with Crippen molar-refractivity contribution in [1.82, 2.24) is 14.7 Å². The molecule has 1 aromatic carbocycles. The molecule has 2 amide bonds. The molecule has 0 aliphatic carbocycles. The lowest BCUT2D eigenvalue weighted by atomic mass is 10.00. The van der Waals surface area contributed by atoms with Crippen molar-refractivity contribution < 1.29 is 29.3 Å². The van der Waals surface area contributed by atoms with Crippen LogP contribution in [0.4, 0.5) is 0 Å². The van der Waals surface area contributed by atoms with Gasteiger partial charge >= 0.3 is 0 Å². The Bertz CT molecular complexity index is 873. The van der Waals surface area contributed by atoms with E-state index < -0.39 is 18.3 Å². The minimum atomic E-state index is -1.22. The fourth-order valence-corrected chi connectivity index (χ4v) is 5.01. The molecule has 9 nitrogen and oxygen atoms in total. The zero-order valence-electron chi connectivity index (χ0n) is 23.5. The number of rotatable bonds is 7. The van der Waals surface area contributed by atoms with E-state index in [4.69, 9.17) is 21.1 Å². The van der Waals surface area contributed by atoms with Gasteiger partial charge in [-0.25, -0.2) is 0 Å². The fourth-order valence-electron chi connectivity index (χ4n) is 4.81. The number of nitrogens with zero attached hydrogens (tertiary/aromatic N) is 3. The highest BCUT2D eigenvalue weighted by Gasteiger charge is 2.33. The molecule has 0 unspecified atom stereocenters. The van der Waals surface area contributed by atoms with Crippen LogP contribution in [0.25, 0.3) is 0 Å². The van der Waals surface area contributed by atoms with Gasteiger partial charge in [0, 0.05) is 57.9 Å². The van der Waals surface area contributed by atoms with Crippen LogP contribution in [0.5, 0.6) is 0 Å². The first-order valence-corrected chi connectivity index (χ1v) is 13.8. The van der Waals surface area contributed by atoms with Crippen LogP contribution >= 0.6 is 11.6 Å². The van der Waals surface area contributed by atoms with E-state index in [1.807, 2.05) is 41.1 Å². The lowest BCUT2D eigenvalue weighted by molar-refractivity contribution is -0.142. The minimum Gasteiger partial charge on any atom is -0.388 e. The van der Waals surface area contributed by atoms with Crippen LogP contribution in [-0.4, -0.2) is 115 Å². The number of amides is 2. The number of methoxy groups -OCH3 is 1. The number of likely N-dealkylation sites (N-methyl/N-ethyl adjacent to an activating group) is 1. The molecule has 2 N–H and O–H groups in total. The van der Waals surface area contributed by atoms with Gasteiger partial charge < -0.3 is 29.5 Å². The zero-order valence-corrected chi connectivity index (χ0v) is 24.3. The van der Waals surface area contributed by atoms with Crippen molar-refractivity contribution in [2.45, 2.75) is 70.9 Å². The first-order valence-electron chi connectivity index (χ1n) is 13.5. The molecule has 1 heterocycles. The molecule has 0 bridgehead atoms. The highest BCUT2D eigenvalue weighted by Crippen LogP contribution is 2.19. The lowest BCUT2D eigenvalue weighted by Gasteiger charge is -2.39. The summed E-state index contributed by atoms with van der Waals surface area (Å²) in [6.07, 6.45) is -1.03. The third kappa shape index (κ3) is 10.4. The molecule has 1 saturated heterocycles. The lowest BCUT2D eigenvalue weighted by Crippen LogP contribution is -2.54. The van der Waals surface area contributed by atoms with E-state index in [2.05, 4.69) is 13.8 Å². The van der Waals surface area contributed by atoms with Gasteiger partial charge in [-0.05, 0) is 43.9 Å². The quantitative estimate of drug-likeness (QED) is 0.532. The van der Waals surface area contributed by atoms with Gasteiger partial charge in [0.05, 0.1) is 13.2 Å². The number of hydrogen-bond acceptors (Lipinski definition) is 7. The second kappa shape index (κ2) is 16.4. The summed E-state index contributed by atoms with van der Waals surface area (Å²) in [7, 11) is 3.34. The van der Waals surface area contributed by atoms with Crippen LogP contribution in [0.2, 0.25) is 5.02 Å². The Morgan fingerprint density at radius 2 is 1.92 bits per heavy atom. The third-order valence-electron chi connectivity index (χ3n) is 6.89. The molecule has 38 heavy (non-hydrogen) atoms. The molecular formula is C28H46ClN3O6. The first-order chi connectivity index (χ1) is 18.0. The second-order valence-electron chi connectivity index (χ2n) is 10.7. The maximum atomic E-state index is 13.7. The highest BCUT2D eigenvalue weighted by atomic mass is 35.5. The summed E-state index contributed by atoms with van der Waals surface area (Å²) in [5.74, 6) is 0.0901. The zero-order chi connectivity index (χ0) is 28.2. The molecule has 216 valence electrons. The van der Waals surface area contributed by atoms with Crippen molar-refractivity contribution in [3.8, 4) is 0 Å². The van der Waals surface area contributed by atoms with Crippen LogP contribution in [-0.2, 0) is 25.6 Å². The van der Waals surface area contributed by atoms with Gasteiger partial charge in [-0.1, -0.05) is 43.6 Å². The number of halogens is 1. The number of benzene rings is 1. The summed E-state index contributed by atoms with van der Waals surface area (Å²) in [5, 5.41) is 21.7. The molecule has 10 heteroatoms. The first kappa shape index (κ1) is 32.5. The molecule has 0 radical (unpaired) electrons. The van der Waals surface area contributed by atoms with Crippen molar-refractivity contribution in [2.24, 2.45) is 5.92 Å². The molecule has 1 aliphatic heterocycles. The van der Waals surface area contributed by atoms with E-state index in [0.29, 0.717) is 50.5 Å². The van der Waals surface area contributed by atoms with Crippen LogP contribution in [0, 0.1) is 5.92 Å². The van der Waals surface area contributed by atoms with Crippen molar-refractivity contribution in [2.75, 3.05) is 53.6 Å². The van der Waals surface area contributed by atoms with Gasteiger partial charge in [0.2, 0.25) is 11.8 Å². The Labute approximate surface area is 232 Å². The van der Waals surface area contributed by atoms with E-state index >= 15 is 0 Å². The number of hydrogen-bond donors (Lipinski definition) is 2. The summed E-state index contributed by atoms with van der Waals surface area (Å²) >= 11 is 6.33. The predicted molar refractivity (Wildman–Crippen MR) is 148 cm³/mol. The average Bonchev–Trinajstić information content (AvgIpc) is 2.85. The summed E-state index contributed by atoms with van der Waals surface area (Å²) in [6.45, 7) is 7.72. The van der Waals surface area contributed by atoms with E-state index in [1.54, 1.807) is 4.90 Å². The van der Waals surface area contributed by atoms with Gasteiger partial charge in [0.1, 0.15) is 18.3 Å². The van der Waals surface area contributed by atoms with E-state index in [9.17, 15) is 19.8 Å². The van der Waals surface area contributed by atoms with E-state index in [0.717, 1.165) is 5.56 Å².